The van der Waals surface area contributed by atoms with Crippen molar-refractivity contribution in [3.05, 3.63) is 75.7 Å². The van der Waals surface area contributed by atoms with Gasteiger partial charge in [-0.25, -0.2) is 14.8 Å². The number of fused-ring (bicyclic) bond motifs is 3. The Kier molecular flexibility index (Phi) is 6.07. The molecule has 0 bridgehead atoms. The van der Waals surface area contributed by atoms with Crippen molar-refractivity contribution in [1.29, 1.82) is 0 Å². The number of benzene rings is 2. The number of hydrogen-bond donors (Lipinski definition) is 2. The van der Waals surface area contributed by atoms with Crippen molar-refractivity contribution in [2.75, 3.05) is 17.7 Å². The van der Waals surface area contributed by atoms with Crippen LogP contribution in [-0.4, -0.2) is 33.0 Å². The van der Waals surface area contributed by atoms with E-state index in [0.717, 1.165) is 47.4 Å². The molecule has 3 heterocycles. The Labute approximate surface area is 223 Å². The lowest BCUT2D eigenvalue weighted by atomic mass is 9.95. The lowest BCUT2D eigenvalue weighted by molar-refractivity contribution is 0.0526. The Balaban J connectivity index is 1.52. The summed E-state index contributed by atoms with van der Waals surface area (Å²) in [6, 6.07) is 15.4. The van der Waals surface area contributed by atoms with E-state index in [-0.39, 0.29) is 18.0 Å². The van der Waals surface area contributed by atoms with Crippen molar-refractivity contribution >= 4 is 56.2 Å². The van der Waals surface area contributed by atoms with Gasteiger partial charge in [-0.15, -0.1) is 11.3 Å². The molecule has 0 saturated carbocycles. The number of hydrogen-bond acceptors (Lipinski definition) is 7. The SMILES string of the molecule is CCOC(=O)c1c(NC(=O)c2c(N)n(-c3ccc(C)cc3)c3nc4ccccc4nc23)sc2c1CCCC2. The topological polar surface area (TPSA) is 112 Å². The first-order valence-electron chi connectivity index (χ1n) is 12.7. The van der Waals surface area contributed by atoms with Gasteiger partial charge in [-0.2, -0.15) is 0 Å². The fraction of sp³-hybridized carbons (Fsp3) is 0.241. The lowest BCUT2D eigenvalue weighted by Gasteiger charge is -2.12. The molecule has 192 valence electrons. The largest absolute Gasteiger partial charge is 0.462 e. The van der Waals surface area contributed by atoms with Crippen LogP contribution in [0.4, 0.5) is 10.8 Å². The minimum atomic E-state index is -0.438. The molecular weight excluding hydrogens is 498 g/mol. The van der Waals surface area contributed by atoms with Crippen molar-refractivity contribution in [2.45, 2.75) is 39.5 Å². The van der Waals surface area contributed by atoms with Crippen LogP contribution in [0.5, 0.6) is 0 Å². The fourth-order valence-corrected chi connectivity index (χ4v) is 6.35. The van der Waals surface area contributed by atoms with E-state index in [4.69, 9.17) is 20.4 Å². The van der Waals surface area contributed by atoms with Gasteiger partial charge in [0.15, 0.2) is 5.65 Å². The molecule has 0 unspecified atom stereocenters. The number of anilines is 2. The van der Waals surface area contributed by atoms with E-state index in [9.17, 15) is 9.59 Å². The predicted molar refractivity (Wildman–Crippen MR) is 150 cm³/mol. The van der Waals surface area contributed by atoms with Gasteiger partial charge < -0.3 is 15.8 Å². The van der Waals surface area contributed by atoms with Gasteiger partial charge in [-0.3, -0.25) is 9.36 Å². The van der Waals surface area contributed by atoms with Gasteiger partial charge in [0.2, 0.25) is 0 Å². The molecular formula is C29H27N5O3S. The van der Waals surface area contributed by atoms with Crippen LogP contribution >= 0.6 is 11.3 Å². The van der Waals surface area contributed by atoms with Gasteiger partial charge in [-0.05, 0) is 69.4 Å². The molecule has 3 N–H and O–H groups in total. The van der Waals surface area contributed by atoms with E-state index in [1.165, 1.54) is 11.3 Å². The smallest absolute Gasteiger partial charge is 0.341 e. The molecule has 0 saturated heterocycles. The Morgan fingerprint density at radius 3 is 2.47 bits per heavy atom. The van der Waals surface area contributed by atoms with Gasteiger partial charge in [0.25, 0.3) is 5.91 Å². The Morgan fingerprint density at radius 2 is 1.74 bits per heavy atom. The maximum absolute atomic E-state index is 13.9. The second-order valence-corrected chi connectivity index (χ2v) is 10.5. The van der Waals surface area contributed by atoms with Gasteiger partial charge in [0.05, 0.1) is 23.2 Å². The van der Waals surface area contributed by atoms with Crippen molar-refractivity contribution in [3.8, 4) is 5.69 Å². The number of para-hydroxylation sites is 2. The molecule has 1 aliphatic rings. The summed E-state index contributed by atoms with van der Waals surface area (Å²) in [4.78, 5) is 37.6. The average molecular weight is 526 g/mol. The van der Waals surface area contributed by atoms with Crippen LogP contribution in [-0.2, 0) is 17.6 Å². The first-order valence-corrected chi connectivity index (χ1v) is 13.5. The number of aromatic nitrogens is 3. The zero-order valence-corrected chi connectivity index (χ0v) is 22.0. The van der Waals surface area contributed by atoms with Crippen molar-refractivity contribution in [1.82, 2.24) is 14.5 Å². The fourth-order valence-electron chi connectivity index (χ4n) is 5.08. The van der Waals surface area contributed by atoms with Crippen LogP contribution in [0.25, 0.3) is 27.9 Å². The summed E-state index contributed by atoms with van der Waals surface area (Å²) in [6.07, 6.45) is 3.74. The molecule has 1 amide bonds. The number of amides is 1. The van der Waals surface area contributed by atoms with Crippen LogP contribution < -0.4 is 11.1 Å². The number of nitrogens with one attached hydrogen (secondary N) is 1. The van der Waals surface area contributed by atoms with Crippen LogP contribution in [0.3, 0.4) is 0 Å². The standard InChI is InChI=1S/C29H27N5O3S/c1-3-37-29(36)22-18-8-4-7-11-21(18)38-28(22)33-27(35)23-24-26(32-20-10-6-5-9-19(20)31-24)34(25(23)30)17-14-12-16(2)13-15-17/h5-6,9-10,12-15H,3-4,7-8,11,30H2,1-2H3,(H,33,35). The average Bonchev–Trinajstić information content (AvgIpc) is 3.41. The number of esters is 1. The molecule has 8 nitrogen and oxygen atoms in total. The Bertz CT molecular complexity index is 1720. The van der Waals surface area contributed by atoms with Crippen molar-refractivity contribution < 1.29 is 14.3 Å². The highest BCUT2D eigenvalue weighted by Gasteiger charge is 2.30. The molecule has 5 aromatic rings. The van der Waals surface area contributed by atoms with E-state index in [1.54, 1.807) is 11.5 Å². The van der Waals surface area contributed by atoms with Gasteiger partial charge >= 0.3 is 5.97 Å². The highest BCUT2D eigenvalue weighted by Crippen LogP contribution is 2.40. The summed E-state index contributed by atoms with van der Waals surface area (Å²) in [7, 11) is 0. The zero-order chi connectivity index (χ0) is 26.4. The quantitative estimate of drug-likeness (QED) is 0.279. The molecule has 2 aromatic carbocycles. The maximum Gasteiger partial charge on any atom is 0.341 e. The number of nitrogen functional groups attached to an aromatic ring is 1. The van der Waals surface area contributed by atoms with Crippen LogP contribution in [0.2, 0.25) is 0 Å². The van der Waals surface area contributed by atoms with Crippen LogP contribution in [0.1, 0.15) is 56.5 Å². The molecule has 1 aliphatic carbocycles. The lowest BCUT2D eigenvalue weighted by Crippen LogP contribution is -2.17. The maximum atomic E-state index is 13.9. The summed E-state index contributed by atoms with van der Waals surface area (Å²) in [6.45, 7) is 4.05. The molecule has 0 atom stereocenters. The van der Waals surface area contributed by atoms with E-state index >= 15 is 0 Å². The van der Waals surface area contributed by atoms with Crippen molar-refractivity contribution in [2.24, 2.45) is 0 Å². The highest BCUT2D eigenvalue weighted by atomic mass is 32.1. The third-order valence-corrected chi connectivity index (χ3v) is 8.10. The normalized spacial score (nSPS) is 13.0. The number of carbonyl (C=O) groups excluding carboxylic acids is 2. The predicted octanol–water partition coefficient (Wildman–Crippen LogP) is 5.83. The monoisotopic (exact) mass is 525 g/mol. The molecule has 6 rings (SSSR count). The summed E-state index contributed by atoms with van der Waals surface area (Å²) in [5.74, 6) is -0.620. The number of nitrogens with two attached hydrogens (primary N) is 1. The van der Waals surface area contributed by atoms with E-state index in [2.05, 4.69) is 5.32 Å². The molecule has 3 aromatic heterocycles. The summed E-state index contributed by atoms with van der Waals surface area (Å²) >= 11 is 1.44. The minimum absolute atomic E-state index is 0.222. The number of aryl methyl sites for hydroxylation is 2. The molecule has 0 spiro atoms. The van der Waals surface area contributed by atoms with E-state index in [1.807, 2.05) is 55.5 Å². The summed E-state index contributed by atoms with van der Waals surface area (Å²) in [5.41, 5.74) is 12.5. The second-order valence-electron chi connectivity index (χ2n) is 9.41. The Morgan fingerprint density at radius 1 is 1.03 bits per heavy atom. The number of rotatable bonds is 5. The number of thiophene rings is 1. The number of nitrogens with zero attached hydrogens (tertiary/aromatic N) is 3. The zero-order valence-electron chi connectivity index (χ0n) is 21.2. The summed E-state index contributed by atoms with van der Waals surface area (Å²) in [5, 5.41) is 3.49. The van der Waals surface area contributed by atoms with Gasteiger partial charge in [-0.1, -0.05) is 29.8 Å². The molecule has 0 fully saturated rings. The van der Waals surface area contributed by atoms with Crippen molar-refractivity contribution in [3.63, 3.8) is 0 Å². The summed E-state index contributed by atoms with van der Waals surface area (Å²) < 4.78 is 7.12. The minimum Gasteiger partial charge on any atom is -0.462 e. The molecule has 0 radical (unpaired) electrons. The highest BCUT2D eigenvalue weighted by molar-refractivity contribution is 7.17. The molecule has 9 heteroatoms. The van der Waals surface area contributed by atoms with E-state index < -0.39 is 11.9 Å². The second kappa shape index (κ2) is 9.57. The van der Waals surface area contributed by atoms with Gasteiger partial charge in [0.1, 0.15) is 21.9 Å². The number of carbonyl (C=O) groups is 2. The van der Waals surface area contributed by atoms with Crippen LogP contribution in [0.15, 0.2) is 48.5 Å². The molecule has 38 heavy (non-hydrogen) atoms. The van der Waals surface area contributed by atoms with E-state index in [0.29, 0.717) is 32.8 Å². The third-order valence-electron chi connectivity index (χ3n) is 6.89. The Hall–Kier alpha value is -4.24. The van der Waals surface area contributed by atoms with Gasteiger partial charge in [0, 0.05) is 10.6 Å². The first kappa shape index (κ1) is 24.1. The number of ether oxygens (including phenoxy) is 1. The first-order chi connectivity index (χ1) is 18.5. The molecule has 0 aliphatic heterocycles. The van der Waals surface area contributed by atoms with Crippen LogP contribution in [0, 0.1) is 6.92 Å². The third kappa shape index (κ3) is 3.99.